The minimum atomic E-state index is 0. The van der Waals surface area contributed by atoms with Gasteiger partial charge in [-0.3, -0.25) is 9.48 Å². The molecule has 0 bridgehead atoms. The number of aromatic nitrogens is 2. The Kier molecular flexibility index (Phi) is 6.52. The normalized spacial score (nSPS) is 17.1. The average Bonchev–Trinajstić information content (AvgIpc) is 3.28. The molecule has 0 aliphatic carbocycles. The standard InChI is InChI=1S/C20H24N4OS.ClH/c1-23-13-16(11-22-23)18-12-21-9-10-24(18)20(25)8-4-5-15-14-26-19-7-3-2-6-17(15)19;/h2-3,6-7,11,13-14,18,21H,4-5,8-10,12H2,1H3;1H. The molecule has 0 radical (unpaired) electrons. The summed E-state index contributed by atoms with van der Waals surface area (Å²) in [5, 5.41) is 11.2. The Morgan fingerprint density at radius 1 is 1.37 bits per heavy atom. The van der Waals surface area contributed by atoms with Gasteiger partial charge >= 0.3 is 0 Å². The Labute approximate surface area is 169 Å². The van der Waals surface area contributed by atoms with Crippen molar-refractivity contribution >= 4 is 39.7 Å². The molecular formula is C20H25ClN4OS. The molecule has 1 unspecified atom stereocenters. The van der Waals surface area contributed by atoms with Gasteiger partial charge in [0.15, 0.2) is 0 Å². The molecule has 4 rings (SSSR count). The van der Waals surface area contributed by atoms with Gasteiger partial charge in [-0.15, -0.1) is 23.7 Å². The molecule has 1 N–H and O–H groups in total. The molecule has 2 aromatic heterocycles. The van der Waals surface area contributed by atoms with Gasteiger partial charge in [-0.2, -0.15) is 5.10 Å². The van der Waals surface area contributed by atoms with Crippen molar-refractivity contribution in [1.82, 2.24) is 20.0 Å². The molecule has 0 spiro atoms. The quantitative estimate of drug-likeness (QED) is 0.707. The molecule has 7 heteroatoms. The predicted octanol–water partition coefficient (Wildman–Crippen LogP) is 3.55. The summed E-state index contributed by atoms with van der Waals surface area (Å²) in [7, 11) is 1.91. The molecule has 144 valence electrons. The van der Waals surface area contributed by atoms with Crippen LogP contribution in [0.2, 0.25) is 0 Å². The predicted molar refractivity (Wildman–Crippen MR) is 113 cm³/mol. The van der Waals surface area contributed by atoms with Crippen LogP contribution in [0.1, 0.15) is 30.0 Å². The molecule has 1 aliphatic heterocycles. The first kappa shape index (κ1) is 19.9. The molecule has 1 aromatic carbocycles. The number of piperazine rings is 1. The van der Waals surface area contributed by atoms with E-state index in [0.29, 0.717) is 6.42 Å². The van der Waals surface area contributed by atoms with Crippen LogP contribution >= 0.6 is 23.7 Å². The highest BCUT2D eigenvalue weighted by Gasteiger charge is 2.28. The number of rotatable bonds is 5. The Hall–Kier alpha value is -1.89. The Balaban J connectivity index is 0.00000210. The summed E-state index contributed by atoms with van der Waals surface area (Å²) in [6.07, 6.45) is 6.33. The highest BCUT2D eigenvalue weighted by Crippen LogP contribution is 2.27. The summed E-state index contributed by atoms with van der Waals surface area (Å²) in [6, 6.07) is 8.59. The van der Waals surface area contributed by atoms with Crippen molar-refractivity contribution in [3.8, 4) is 0 Å². The van der Waals surface area contributed by atoms with Gasteiger partial charge in [0.1, 0.15) is 0 Å². The SMILES string of the molecule is Cl.Cn1cc(C2CNCCN2C(=O)CCCc2csc3ccccc23)cn1. The Morgan fingerprint density at radius 3 is 3.04 bits per heavy atom. The molecule has 1 atom stereocenters. The second-order valence-electron chi connectivity index (χ2n) is 6.87. The van der Waals surface area contributed by atoms with Crippen LogP contribution in [0.25, 0.3) is 10.1 Å². The van der Waals surface area contributed by atoms with Gasteiger partial charge in [0.2, 0.25) is 5.91 Å². The van der Waals surface area contributed by atoms with E-state index in [1.807, 2.05) is 24.3 Å². The number of aryl methyl sites for hydroxylation is 2. The summed E-state index contributed by atoms with van der Waals surface area (Å²) in [5.74, 6) is 0.250. The molecule has 0 saturated carbocycles. The maximum Gasteiger partial charge on any atom is 0.223 e. The Bertz CT molecular complexity index is 906. The smallest absolute Gasteiger partial charge is 0.223 e. The largest absolute Gasteiger partial charge is 0.333 e. The second-order valence-corrected chi connectivity index (χ2v) is 7.78. The van der Waals surface area contributed by atoms with Crippen LogP contribution in [0.5, 0.6) is 0 Å². The van der Waals surface area contributed by atoms with Gasteiger partial charge in [0, 0.05) is 49.6 Å². The third-order valence-corrected chi connectivity index (χ3v) is 6.08. The van der Waals surface area contributed by atoms with Crippen LogP contribution in [0.3, 0.4) is 0 Å². The van der Waals surface area contributed by atoms with Gasteiger partial charge in [0.25, 0.3) is 0 Å². The molecule has 3 aromatic rings. The van der Waals surface area contributed by atoms with Crippen LogP contribution in [0, 0.1) is 0 Å². The zero-order chi connectivity index (χ0) is 17.9. The number of carbonyl (C=O) groups excluding carboxylic acids is 1. The van der Waals surface area contributed by atoms with E-state index in [-0.39, 0.29) is 24.4 Å². The highest BCUT2D eigenvalue weighted by molar-refractivity contribution is 7.17. The maximum absolute atomic E-state index is 12.9. The van der Waals surface area contributed by atoms with Gasteiger partial charge in [-0.1, -0.05) is 18.2 Å². The van der Waals surface area contributed by atoms with E-state index in [9.17, 15) is 4.79 Å². The van der Waals surface area contributed by atoms with Crippen molar-refractivity contribution < 1.29 is 4.79 Å². The fourth-order valence-electron chi connectivity index (χ4n) is 3.71. The molecule has 1 saturated heterocycles. The van der Waals surface area contributed by atoms with E-state index in [1.54, 1.807) is 16.0 Å². The molecule has 27 heavy (non-hydrogen) atoms. The van der Waals surface area contributed by atoms with E-state index in [4.69, 9.17) is 0 Å². The maximum atomic E-state index is 12.9. The van der Waals surface area contributed by atoms with Crippen molar-refractivity contribution in [3.63, 3.8) is 0 Å². The van der Waals surface area contributed by atoms with E-state index >= 15 is 0 Å². The van der Waals surface area contributed by atoms with Crippen LogP contribution in [0.15, 0.2) is 42.0 Å². The van der Waals surface area contributed by atoms with Gasteiger partial charge in [-0.25, -0.2) is 0 Å². The summed E-state index contributed by atoms with van der Waals surface area (Å²) >= 11 is 1.79. The molecule has 1 aliphatic rings. The van der Waals surface area contributed by atoms with E-state index in [2.05, 4.69) is 40.1 Å². The highest BCUT2D eigenvalue weighted by atomic mass is 35.5. The van der Waals surface area contributed by atoms with Crippen molar-refractivity contribution in [1.29, 1.82) is 0 Å². The zero-order valence-electron chi connectivity index (χ0n) is 15.4. The summed E-state index contributed by atoms with van der Waals surface area (Å²) < 4.78 is 3.13. The number of benzene rings is 1. The lowest BCUT2D eigenvalue weighted by Crippen LogP contribution is -2.48. The first-order chi connectivity index (χ1) is 12.7. The van der Waals surface area contributed by atoms with Gasteiger partial charge in [0.05, 0.1) is 12.2 Å². The van der Waals surface area contributed by atoms with Crippen molar-refractivity contribution in [3.05, 3.63) is 53.2 Å². The molecular weight excluding hydrogens is 380 g/mol. The summed E-state index contributed by atoms with van der Waals surface area (Å²) in [5.41, 5.74) is 2.47. The number of nitrogens with one attached hydrogen (secondary N) is 1. The van der Waals surface area contributed by atoms with Crippen molar-refractivity contribution in [2.24, 2.45) is 7.05 Å². The Morgan fingerprint density at radius 2 is 2.22 bits per heavy atom. The van der Waals surface area contributed by atoms with Crippen molar-refractivity contribution in [2.75, 3.05) is 19.6 Å². The topological polar surface area (TPSA) is 50.2 Å². The lowest BCUT2D eigenvalue weighted by Gasteiger charge is -2.36. The minimum Gasteiger partial charge on any atom is -0.333 e. The number of fused-ring (bicyclic) bond motifs is 1. The monoisotopic (exact) mass is 404 g/mol. The zero-order valence-corrected chi connectivity index (χ0v) is 17.1. The lowest BCUT2D eigenvalue weighted by molar-refractivity contribution is -0.134. The van der Waals surface area contributed by atoms with Gasteiger partial charge in [-0.05, 0) is 35.2 Å². The first-order valence-electron chi connectivity index (χ1n) is 9.16. The molecule has 1 amide bonds. The van der Waals surface area contributed by atoms with E-state index in [0.717, 1.165) is 38.0 Å². The molecule has 1 fully saturated rings. The van der Waals surface area contributed by atoms with Crippen LogP contribution in [-0.4, -0.2) is 40.2 Å². The fraction of sp³-hybridized carbons (Fsp3) is 0.400. The number of thiophene rings is 1. The third-order valence-electron chi connectivity index (χ3n) is 5.07. The number of hydrogen-bond donors (Lipinski definition) is 1. The van der Waals surface area contributed by atoms with Crippen LogP contribution in [0.4, 0.5) is 0 Å². The van der Waals surface area contributed by atoms with Crippen molar-refractivity contribution in [2.45, 2.75) is 25.3 Å². The van der Waals surface area contributed by atoms with E-state index < -0.39 is 0 Å². The molecule has 5 nitrogen and oxygen atoms in total. The first-order valence-corrected chi connectivity index (χ1v) is 10.0. The fourth-order valence-corrected chi connectivity index (χ4v) is 4.71. The number of nitrogens with zero attached hydrogens (tertiary/aromatic N) is 3. The number of carbonyl (C=O) groups is 1. The molecule has 3 heterocycles. The minimum absolute atomic E-state index is 0. The van der Waals surface area contributed by atoms with Gasteiger partial charge < -0.3 is 10.2 Å². The average molecular weight is 405 g/mol. The summed E-state index contributed by atoms with van der Waals surface area (Å²) in [6.45, 7) is 2.42. The second kappa shape index (κ2) is 8.87. The lowest BCUT2D eigenvalue weighted by atomic mass is 10.0. The summed E-state index contributed by atoms with van der Waals surface area (Å²) in [4.78, 5) is 14.9. The van der Waals surface area contributed by atoms with Crippen LogP contribution < -0.4 is 5.32 Å². The van der Waals surface area contributed by atoms with E-state index in [1.165, 1.54) is 15.6 Å². The number of amides is 1. The third kappa shape index (κ3) is 4.34. The number of halogens is 1. The number of hydrogen-bond acceptors (Lipinski definition) is 4. The van der Waals surface area contributed by atoms with Crippen LogP contribution in [-0.2, 0) is 18.3 Å².